The van der Waals surface area contributed by atoms with Gasteiger partial charge in [-0.25, -0.2) is 26.3 Å². The van der Waals surface area contributed by atoms with E-state index in [1.54, 1.807) is 6.08 Å². The maximum absolute atomic E-state index is 13.4. The van der Waals surface area contributed by atoms with E-state index in [9.17, 15) is 31.1 Å². The summed E-state index contributed by atoms with van der Waals surface area (Å²) in [7, 11) is 0. The lowest BCUT2D eigenvalue weighted by molar-refractivity contribution is -0.113. The molecule has 46 heavy (non-hydrogen) atoms. The lowest BCUT2D eigenvalue weighted by Crippen LogP contribution is -2.31. The first kappa shape index (κ1) is 36.0. The SMILES string of the molecule is C=CC.CC=CC1CCC2CC(c3cc(F)c(F)c(F)c3)CCC2C1.O=CC1CCC2CC(c3cc(F)c(F)c(F)c3)CCC2C1. The molecule has 2 aromatic rings. The summed E-state index contributed by atoms with van der Waals surface area (Å²) >= 11 is 0. The van der Waals surface area contributed by atoms with Gasteiger partial charge in [0.2, 0.25) is 0 Å². The molecule has 7 heteroatoms. The van der Waals surface area contributed by atoms with E-state index in [-0.39, 0.29) is 17.8 Å². The molecule has 1 nitrogen and oxygen atoms in total. The lowest BCUT2D eigenvalue weighted by Gasteiger charge is -2.41. The van der Waals surface area contributed by atoms with Crippen molar-refractivity contribution in [1.29, 1.82) is 0 Å². The second kappa shape index (κ2) is 16.8. The van der Waals surface area contributed by atoms with Crippen molar-refractivity contribution in [3.63, 3.8) is 0 Å². The van der Waals surface area contributed by atoms with Crippen molar-refractivity contribution in [3.8, 4) is 0 Å². The molecule has 0 bridgehead atoms. The van der Waals surface area contributed by atoms with Gasteiger partial charge in [-0.15, -0.1) is 6.58 Å². The van der Waals surface area contributed by atoms with Gasteiger partial charge in [-0.1, -0.05) is 18.2 Å². The van der Waals surface area contributed by atoms with Crippen molar-refractivity contribution in [3.05, 3.63) is 95.1 Å². The summed E-state index contributed by atoms with van der Waals surface area (Å²) < 4.78 is 79.8. The van der Waals surface area contributed by atoms with Crippen LogP contribution in [0.3, 0.4) is 0 Å². The van der Waals surface area contributed by atoms with Gasteiger partial charge in [0, 0.05) is 5.92 Å². The molecular weight excluding hydrogens is 598 g/mol. The van der Waals surface area contributed by atoms with Gasteiger partial charge in [-0.2, -0.15) is 0 Å². The van der Waals surface area contributed by atoms with Gasteiger partial charge >= 0.3 is 0 Å². The van der Waals surface area contributed by atoms with Crippen LogP contribution in [0.4, 0.5) is 26.3 Å². The van der Waals surface area contributed by atoms with E-state index < -0.39 is 34.9 Å². The average Bonchev–Trinajstić information content (AvgIpc) is 3.05. The molecule has 4 aliphatic carbocycles. The quantitative estimate of drug-likeness (QED) is 0.140. The summed E-state index contributed by atoms with van der Waals surface area (Å²) in [6, 6.07) is 4.66. The highest BCUT2D eigenvalue weighted by Crippen LogP contribution is 2.49. The van der Waals surface area contributed by atoms with Crippen LogP contribution in [0.5, 0.6) is 0 Å². The molecule has 0 heterocycles. The number of carbonyl (C=O) groups is 1. The van der Waals surface area contributed by atoms with Crippen LogP contribution in [0.15, 0.2) is 49.1 Å². The van der Waals surface area contributed by atoms with Gasteiger partial charge in [-0.3, -0.25) is 0 Å². The maximum atomic E-state index is 13.4. The molecule has 0 spiro atoms. The first-order valence-electron chi connectivity index (χ1n) is 17.0. The average molecular weight is 647 g/mol. The molecule has 0 N–H and O–H groups in total. The summed E-state index contributed by atoms with van der Waals surface area (Å²) in [5.41, 5.74) is 1.20. The van der Waals surface area contributed by atoms with Gasteiger partial charge in [0.25, 0.3) is 0 Å². The molecule has 2 aromatic carbocycles. The molecule has 8 unspecified atom stereocenters. The molecule has 6 rings (SSSR count). The monoisotopic (exact) mass is 646 g/mol. The Morgan fingerprint density at radius 1 is 0.565 bits per heavy atom. The fourth-order valence-corrected chi connectivity index (χ4v) is 8.65. The Labute approximate surface area is 270 Å². The largest absolute Gasteiger partial charge is 0.303 e. The van der Waals surface area contributed by atoms with E-state index in [2.05, 4.69) is 25.7 Å². The number of hydrogen-bond acceptors (Lipinski definition) is 1. The zero-order valence-corrected chi connectivity index (χ0v) is 27.1. The van der Waals surface area contributed by atoms with E-state index in [0.717, 1.165) is 82.1 Å². The van der Waals surface area contributed by atoms with Crippen LogP contribution in [0.2, 0.25) is 0 Å². The molecule has 252 valence electrons. The summed E-state index contributed by atoms with van der Waals surface area (Å²) in [6.45, 7) is 7.32. The third-order valence-electron chi connectivity index (χ3n) is 10.9. The van der Waals surface area contributed by atoms with Crippen LogP contribution in [0.1, 0.15) is 114 Å². The van der Waals surface area contributed by atoms with E-state index in [1.165, 1.54) is 31.4 Å². The molecule has 0 aliphatic heterocycles. The first-order valence-corrected chi connectivity index (χ1v) is 17.0. The highest BCUT2D eigenvalue weighted by Gasteiger charge is 2.37. The normalized spacial score (nSPS) is 30.5. The number of halogens is 6. The topological polar surface area (TPSA) is 17.1 Å². The molecule has 0 saturated heterocycles. The Morgan fingerprint density at radius 3 is 1.30 bits per heavy atom. The van der Waals surface area contributed by atoms with Crippen molar-refractivity contribution in [2.75, 3.05) is 0 Å². The van der Waals surface area contributed by atoms with Crippen LogP contribution < -0.4 is 0 Å². The Kier molecular flexibility index (Phi) is 13.2. The standard InChI is InChI=1S/C19H23F3.C17H19F3O.C3H6/c1-2-3-12-4-5-14-9-15(7-6-13(14)8-12)16-10-17(20)19(22)18(21)11-16;18-15-7-14(8-16(19)17(15)20)13-4-3-11-5-10(9-21)1-2-12(11)6-13;1-3-2/h2-3,10-15H,4-9H2,1H3;7-13H,1-6H2;3H,1H2,2H3. The van der Waals surface area contributed by atoms with Crippen molar-refractivity contribution in [2.45, 2.75) is 103 Å². The van der Waals surface area contributed by atoms with E-state index in [4.69, 9.17) is 0 Å². The van der Waals surface area contributed by atoms with Crippen LogP contribution in [0.25, 0.3) is 0 Å². The molecule has 0 aromatic heterocycles. The molecule has 0 radical (unpaired) electrons. The predicted octanol–water partition coefficient (Wildman–Crippen LogP) is 11.8. The minimum Gasteiger partial charge on any atom is -0.303 e. The molecule has 4 fully saturated rings. The van der Waals surface area contributed by atoms with E-state index in [0.29, 0.717) is 34.8 Å². The smallest absolute Gasteiger partial charge is 0.194 e. The molecule has 4 aliphatic rings. The van der Waals surface area contributed by atoms with Crippen LogP contribution >= 0.6 is 0 Å². The fourth-order valence-electron chi connectivity index (χ4n) is 8.65. The zero-order valence-electron chi connectivity index (χ0n) is 27.1. The summed E-state index contributed by atoms with van der Waals surface area (Å²) in [5, 5.41) is 0. The Balaban J connectivity index is 0.000000193. The van der Waals surface area contributed by atoms with Gasteiger partial charge in [0.15, 0.2) is 34.9 Å². The van der Waals surface area contributed by atoms with E-state index in [1.807, 2.05) is 6.92 Å². The van der Waals surface area contributed by atoms with Crippen molar-refractivity contribution in [2.24, 2.45) is 35.5 Å². The second-order valence-corrected chi connectivity index (χ2v) is 13.9. The third kappa shape index (κ3) is 8.95. The minimum absolute atomic E-state index is 0.101. The van der Waals surface area contributed by atoms with Gasteiger partial charge in [0.05, 0.1) is 0 Å². The summed E-state index contributed by atoms with van der Waals surface area (Å²) in [6.07, 6.45) is 19.6. The first-order chi connectivity index (χ1) is 22.1. The molecular formula is C39H48F6O. The zero-order chi connectivity index (χ0) is 33.4. The predicted molar refractivity (Wildman–Crippen MR) is 171 cm³/mol. The Morgan fingerprint density at radius 2 is 0.913 bits per heavy atom. The van der Waals surface area contributed by atoms with Crippen LogP contribution in [-0.2, 0) is 4.79 Å². The molecule has 8 atom stereocenters. The summed E-state index contributed by atoms with van der Waals surface area (Å²) in [5.74, 6) is -3.45. The number of aldehydes is 1. The third-order valence-corrected chi connectivity index (χ3v) is 10.9. The number of rotatable bonds is 4. The van der Waals surface area contributed by atoms with Crippen LogP contribution in [-0.4, -0.2) is 6.29 Å². The highest BCUT2D eigenvalue weighted by atomic mass is 19.2. The van der Waals surface area contributed by atoms with E-state index >= 15 is 0 Å². The fraction of sp³-hybridized carbons (Fsp3) is 0.564. The van der Waals surface area contributed by atoms with Gasteiger partial charge in [0.1, 0.15) is 6.29 Å². The molecule has 0 amide bonds. The number of carbonyl (C=O) groups excluding carboxylic acids is 1. The Bertz CT molecular complexity index is 1310. The van der Waals surface area contributed by atoms with Gasteiger partial charge < -0.3 is 4.79 Å². The highest BCUT2D eigenvalue weighted by molar-refractivity contribution is 5.53. The number of allylic oxidation sites excluding steroid dienone is 3. The number of benzene rings is 2. The second-order valence-electron chi connectivity index (χ2n) is 13.9. The summed E-state index contributed by atoms with van der Waals surface area (Å²) in [4.78, 5) is 10.9. The molecule has 4 saturated carbocycles. The maximum Gasteiger partial charge on any atom is 0.194 e. The minimum atomic E-state index is -1.39. The van der Waals surface area contributed by atoms with Crippen molar-refractivity contribution in [1.82, 2.24) is 0 Å². The van der Waals surface area contributed by atoms with Crippen LogP contribution in [0, 0.1) is 70.4 Å². The van der Waals surface area contributed by atoms with Gasteiger partial charge in [-0.05, 0) is 168 Å². The van der Waals surface area contributed by atoms with Crippen molar-refractivity contribution >= 4 is 6.29 Å². The lowest BCUT2D eigenvalue weighted by atomic mass is 9.64. The number of fused-ring (bicyclic) bond motifs is 2. The Hall–Kier alpha value is -2.83. The number of hydrogen-bond donors (Lipinski definition) is 0. The van der Waals surface area contributed by atoms with Crippen molar-refractivity contribution < 1.29 is 31.1 Å².